The zero-order chi connectivity index (χ0) is 21.1. The molecule has 0 saturated heterocycles. The Morgan fingerprint density at radius 1 is 0.900 bits per heavy atom. The van der Waals surface area contributed by atoms with E-state index in [4.69, 9.17) is 11.6 Å². The van der Waals surface area contributed by atoms with Crippen molar-refractivity contribution in [1.29, 1.82) is 0 Å². The summed E-state index contributed by atoms with van der Waals surface area (Å²) in [6.45, 7) is 0. The van der Waals surface area contributed by atoms with E-state index in [0.29, 0.717) is 27.7 Å². The van der Waals surface area contributed by atoms with Gasteiger partial charge in [-0.1, -0.05) is 29.8 Å². The number of nitro benzene ring substituents is 1. The molecule has 30 heavy (non-hydrogen) atoms. The number of nitro groups is 1. The largest absolute Gasteiger partial charge is 0.299 e. The topological polar surface area (TPSA) is 106 Å². The Balaban J connectivity index is 1.84. The van der Waals surface area contributed by atoms with Crippen molar-refractivity contribution in [2.24, 2.45) is 10.2 Å². The van der Waals surface area contributed by atoms with E-state index in [1.54, 1.807) is 48.5 Å². The van der Waals surface area contributed by atoms with Crippen LogP contribution in [0.1, 0.15) is 0 Å². The number of halogens is 1. The fraction of sp³-hybridized carbons (Fsp3) is 0. The number of aromatic nitrogens is 2. The van der Waals surface area contributed by atoms with E-state index < -0.39 is 10.5 Å². The lowest BCUT2D eigenvalue weighted by Gasteiger charge is -2.01. The van der Waals surface area contributed by atoms with Crippen LogP contribution in [0.2, 0.25) is 5.02 Å². The van der Waals surface area contributed by atoms with Crippen molar-refractivity contribution in [2.75, 3.05) is 0 Å². The molecule has 0 radical (unpaired) electrons. The van der Waals surface area contributed by atoms with Gasteiger partial charge in [-0.15, -0.1) is 5.11 Å². The molecular formula is C21H14ClN5O3. The van der Waals surface area contributed by atoms with E-state index in [1.807, 2.05) is 18.2 Å². The number of nitrogens with one attached hydrogen (secondary N) is 1. The Morgan fingerprint density at radius 3 is 2.20 bits per heavy atom. The number of azo groups is 1. The minimum absolute atomic E-state index is 0.0482. The SMILES string of the molecule is O=c1c(N=Nc2ccc(Cl)cc2)c(-c2ccc([N+](=O)[O-])cc2)[nH]n1-c1ccccc1. The molecule has 8 nitrogen and oxygen atoms in total. The van der Waals surface area contributed by atoms with Crippen LogP contribution in [-0.2, 0) is 0 Å². The predicted molar refractivity (Wildman–Crippen MR) is 114 cm³/mol. The Hall–Kier alpha value is -4.04. The van der Waals surface area contributed by atoms with Crippen LogP contribution in [0.15, 0.2) is 93.9 Å². The number of non-ortho nitro benzene ring substituents is 1. The maximum Gasteiger partial charge on any atom is 0.299 e. The third-order valence-corrected chi connectivity index (χ3v) is 4.59. The average molecular weight is 420 g/mol. The highest BCUT2D eigenvalue weighted by molar-refractivity contribution is 6.30. The summed E-state index contributed by atoms with van der Waals surface area (Å²) in [7, 11) is 0. The molecule has 0 fully saturated rings. The summed E-state index contributed by atoms with van der Waals surface area (Å²) < 4.78 is 1.35. The van der Waals surface area contributed by atoms with Crippen LogP contribution in [0.4, 0.5) is 17.1 Å². The molecule has 1 aromatic heterocycles. The Labute approximate surface area is 175 Å². The van der Waals surface area contributed by atoms with Gasteiger partial charge in [0.2, 0.25) is 0 Å². The maximum atomic E-state index is 13.1. The van der Waals surface area contributed by atoms with Crippen LogP contribution >= 0.6 is 11.6 Å². The monoisotopic (exact) mass is 419 g/mol. The molecule has 3 aromatic carbocycles. The van der Waals surface area contributed by atoms with Gasteiger partial charge < -0.3 is 0 Å². The van der Waals surface area contributed by atoms with Crippen LogP contribution in [0.5, 0.6) is 0 Å². The van der Waals surface area contributed by atoms with Gasteiger partial charge in [0.15, 0.2) is 5.69 Å². The van der Waals surface area contributed by atoms with Crippen LogP contribution in [0, 0.1) is 10.1 Å². The fourth-order valence-electron chi connectivity index (χ4n) is 2.85. The minimum atomic E-state index is -0.483. The predicted octanol–water partition coefficient (Wildman–Crippen LogP) is 5.81. The van der Waals surface area contributed by atoms with Gasteiger partial charge >= 0.3 is 0 Å². The second-order valence-corrected chi connectivity index (χ2v) is 6.73. The van der Waals surface area contributed by atoms with E-state index >= 15 is 0 Å². The molecule has 1 heterocycles. The van der Waals surface area contributed by atoms with Crippen molar-refractivity contribution in [3.05, 3.63) is 104 Å². The zero-order valence-corrected chi connectivity index (χ0v) is 16.2. The second kappa shape index (κ2) is 8.14. The van der Waals surface area contributed by atoms with Crippen molar-refractivity contribution >= 4 is 28.7 Å². The number of benzene rings is 3. The highest BCUT2D eigenvalue weighted by Gasteiger charge is 2.18. The summed E-state index contributed by atoms with van der Waals surface area (Å²) in [6, 6.07) is 21.6. The van der Waals surface area contributed by atoms with Gasteiger partial charge in [0.05, 0.1) is 22.0 Å². The van der Waals surface area contributed by atoms with Gasteiger partial charge in [0, 0.05) is 22.7 Å². The number of H-pyrrole nitrogens is 1. The Morgan fingerprint density at radius 2 is 1.57 bits per heavy atom. The first-order chi connectivity index (χ1) is 14.5. The molecule has 0 amide bonds. The molecule has 9 heteroatoms. The lowest BCUT2D eigenvalue weighted by Crippen LogP contribution is -2.13. The molecule has 0 bridgehead atoms. The van der Waals surface area contributed by atoms with Crippen molar-refractivity contribution in [3.8, 4) is 16.9 Å². The number of para-hydroxylation sites is 1. The molecule has 0 saturated carbocycles. The first kappa shape index (κ1) is 19.3. The number of rotatable bonds is 5. The van der Waals surface area contributed by atoms with E-state index in [1.165, 1.54) is 16.8 Å². The van der Waals surface area contributed by atoms with Crippen LogP contribution in [-0.4, -0.2) is 14.7 Å². The van der Waals surface area contributed by atoms with Crippen LogP contribution in [0.3, 0.4) is 0 Å². The number of aromatic amines is 1. The normalized spacial score (nSPS) is 11.1. The van der Waals surface area contributed by atoms with Gasteiger partial charge in [0.25, 0.3) is 11.2 Å². The molecule has 0 spiro atoms. The summed E-state index contributed by atoms with van der Waals surface area (Å²) in [5.41, 5.74) is 1.76. The maximum absolute atomic E-state index is 13.1. The minimum Gasteiger partial charge on any atom is -0.288 e. The summed E-state index contributed by atoms with van der Waals surface area (Å²) in [6.07, 6.45) is 0. The van der Waals surface area contributed by atoms with Gasteiger partial charge in [-0.05, 0) is 48.5 Å². The van der Waals surface area contributed by atoms with Crippen molar-refractivity contribution in [3.63, 3.8) is 0 Å². The molecule has 0 unspecified atom stereocenters. The van der Waals surface area contributed by atoms with E-state index in [-0.39, 0.29) is 11.4 Å². The molecule has 148 valence electrons. The first-order valence-corrected chi connectivity index (χ1v) is 9.23. The fourth-order valence-corrected chi connectivity index (χ4v) is 2.97. The van der Waals surface area contributed by atoms with Gasteiger partial charge in [-0.25, -0.2) is 4.68 Å². The van der Waals surface area contributed by atoms with Crippen molar-refractivity contribution < 1.29 is 4.92 Å². The molecule has 4 aromatic rings. The van der Waals surface area contributed by atoms with Crippen molar-refractivity contribution in [2.45, 2.75) is 0 Å². The molecule has 4 rings (SSSR count). The molecule has 0 aliphatic rings. The number of hydrogen-bond acceptors (Lipinski definition) is 5. The molecular weight excluding hydrogens is 406 g/mol. The van der Waals surface area contributed by atoms with Crippen molar-refractivity contribution in [1.82, 2.24) is 9.78 Å². The highest BCUT2D eigenvalue weighted by atomic mass is 35.5. The average Bonchev–Trinajstić information content (AvgIpc) is 3.10. The quantitative estimate of drug-likeness (QED) is 0.250. The summed E-state index contributed by atoms with van der Waals surface area (Å²) >= 11 is 5.89. The molecule has 0 aliphatic heterocycles. The third kappa shape index (κ3) is 3.89. The van der Waals surface area contributed by atoms with E-state index in [9.17, 15) is 14.9 Å². The Kier molecular flexibility index (Phi) is 5.23. The standard InChI is InChI=1S/C21H14ClN5O3/c22-15-8-10-16(11-9-15)23-24-20-19(14-6-12-18(13-7-14)27(29)30)25-26(21(20)28)17-4-2-1-3-5-17/h1-13,25H. The van der Waals surface area contributed by atoms with Gasteiger partial charge in [0.1, 0.15) is 0 Å². The van der Waals surface area contributed by atoms with Gasteiger partial charge in [-0.3, -0.25) is 20.0 Å². The molecule has 0 aliphatic carbocycles. The van der Waals surface area contributed by atoms with E-state index in [0.717, 1.165) is 0 Å². The lowest BCUT2D eigenvalue weighted by molar-refractivity contribution is -0.384. The summed E-state index contributed by atoms with van der Waals surface area (Å²) in [5, 5.41) is 22.9. The zero-order valence-electron chi connectivity index (χ0n) is 15.4. The Bertz CT molecular complexity index is 1280. The molecule has 0 atom stereocenters. The van der Waals surface area contributed by atoms with Crippen LogP contribution in [0.25, 0.3) is 16.9 Å². The van der Waals surface area contributed by atoms with E-state index in [2.05, 4.69) is 15.3 Å². The smallest absolute Gasteiger partial charge is 0.288 e. The van der Waals surface area contributed by atoms with Gasteiger partial charge in [-0.2, -0.15) is 5.11 Å². The number of hydrogen-bond donors (Lipinski definition) is 1. The number of nitrogens with zero attached hydrogens (tertiary/aromatic N) is 4. The third-order valence-electron chi connectivity index (χ3n) is 4.34. The first-order valence-electron chi connectivity index (χ1n) is 8.85. The lowest BCUT2D eigenvalue weighted by atomic mass is 10.1. The summed E-state index contributed by atoms with van der Waals surface area (Å²) in [5.74, 6) is 0. The van der Waals surface area contributed by atoms with Crippen LogP contribution < -0.4 is 5.56 Å². The second-order valence-electron chi connectivity index (χ2n) is 6.29. The highest BCUT2D eigenvalue weighted by Crippen LogP contribution is 2.29. The summed E-state index contributed by atoms with van der Waals surface area (Å²) in [4.78, 5) is 23.5. The molecule has 1 N–H and O–H groups in total.